The molecular weight excluding hydrogens is 250 g/mol. The quantitative estimate of drug-likeness (QED) is 0.859. The molecule has 110 valence electrons. The summed E-state index contributed by atoms with van der Waals surface area (Å²) in [5, 5.41) is 3.78. The number of hydrogen-bond donors (Lipinski definition) is 1. The van der Waals surface area contributed by atoms with Gasteiger partial charge in [0.15, 0.2) is 0 Å². The van der Waals surface area contributed by atoms with Crippen LogP contribution in [0, 0.1) is 5.41 Å². The number of nitrogens with one attached hydrogen (secondary N) is 1. The van der Waals surface area contributed by atoms with Crippen LogP contribution in [-0.4, -0.2) is 20.3 Å². The second kappa shape index (κ2) is 5.65. The molecule has 0 aromatic heterocycles. The van der Waals surface area contributed by atoms with E-state index in [-0.39, 0.29) is 0 Å². The van der Waals surface area contributed by atoms with Gasteiger partial charge in [0.05, 0.1) is 13.7 Å². The van der Waals surface area contributed by atoms with Crippen molar-refractivity contribution in [3.05, 3.63) is 23.8 Å². The Bertz CT molecular complexity index is 468. The van der Waals surface area contributed by atoms with E-state index in [0.29, 0.717) is 11.5 Å². The first-order chi connectivity index (χ1) is 9.76. The van der Waals surface area contributed by atoms with E-state index in [2.05, 4.69) is 18.3 Å². The smallest absolute Gasteiger partial charge is 0.124 e. The third-order valence-corrected chi connectivity index (χ3v) is 4.72. The minimum Gasteiger partial charge on any atom is -0.497 e. The van der Waals surface area contributed by atoms with Crippen molar-refractivity contribution in [3.63, 3.8) is 0 Å². The van der Waals surface area contributed by atoms with Crippen LogP contribution in [0.4, 0.5) is 0 Å². The molecule has 0 saturated heterocycles. The molecule has 1 heterocycles. The molecule has 1 aromatic rings. The van der Waals surface area contributed by atoms with Gasteiger partial charge in [0.2, 0.25) is 0 Å². The van der Waals surface area contributed by atoms with Crippen LogP contribution in [0.1, 0.15) is 50.6 Å². The van der Waals surface area contributed by atoms with Gasteiger partial charge >= 0.3 is 0 Å². The zero-order valence-corrected chi connectivity index (χ0v) is 12.6. The predicted molar refractivity (Wildman–Crippen MR) is 80.4 cm³/mol. The fraction of sp³-hybridized carbons (Fsp3) is 0.647. The van der Waals surface area contributed by atoms with Gasteiger partial charge < -0.3 is 14.8 Å². The third kappa shape index (κ3) is 2.78. The van der Waals surface area contributed by atoms with Gasteiger partial charge in [0.25, 0.3) is 0 Å². The Morgan fingerprint density at radius 2 is 2.25 bits per heavy atom. The van der Waals surface area contributed by atoms with Crippen molar-refractivity contribution in [3.8, 4) is 11.5 Å². The van der Waals surface area contributed by atoms with E-state index in [0.717, 1.165) is 31.1 Å². The summed E-state index contributed by atoms with van der Waals surface area (Å²) in [5.41, 5.74) is 1.84. The van der Waals surface area contributed by atoms with Gasteiger partial charge in [-0.05, 0) is 42.9 Å². The highest BCUT2D eigenvalue weighted by Crippen LogP contribution is 2.49. The van der Waals surface area contributed by atoms with E-state index < -0.39 is 0 Å². The average Bonchev–Trinajstić information content (AvgIpc) is 3.25. The average molecular weight is 275 g/mol. The molecule has 1 aromatic carbocycles. The van der Waals surface area contributed by atoms with Crippen molar-refractivity contribution in [1.82, 2.24) is 5.32 Å². The van der Waals surface area contributed by atoms with Gasteiger partial charge in [0, 0.05) is 24.6 Å². The number of benzene rings is 1. The summed E-state index contributed by atoms with van der Waals surface area (Å²) in [4.78, 5) is 0. The highest BCUT2D eigenvalue weighted by Gasteiger charge is 2.41. The molecule has 0 amide bonds. The summed E-state index contributed by atoms with van der Waals surface area (Å²) in [6.07, 6.45) is 6.47. The molecular formula is C17H25NO2. The molecule has 0 spiro atoms. The van der Waals surface area contributed by atoms with Crippen molar-refractivity contribution in [2.45, 2.75) is 45.1 Å². The van der Waals surface area contributed by atoms with Crippen LogP contribution in [0.2, 0.25) is 0 Å². The zero-order chi connectivity index (χ0) is 14.0. The fourth-order valence-corrected chi connectivity index (χ4v) is 3.27. The molecule has 1 saturated carbocycles. The molecule has 0 bridgehead atoms. The number of hydrogen-bond acceptors (Lipinski definition) is 3. The minimum atomic E-state index is 0.406. The molecule has 3 rings (SSSR count). The molecule has 20 heavy (non-hydrogen) atoms. The molecule has 1 aliphatic heterocycles. The molecule has 1 atom stereocenters. The SMILES string of the molecule is CCCC1(CNC2CCOc3ccc(OC)cc32)CC1. The molecule has 0 radical (unpaired) electrons. The van der Waals surface area contributed by atoms with Crippen molar-refractivity contribution < 1.29 is 9.47 Å². The van der Waals surface area contributed by atoms with Crippen LogP contribution >= 0.6 is 0 Å². The highest BCUT2D eigenvalue weighted by atomic mass is 16.5. The first-order valence-electron chi connectivity index (χ1n) is 7.80. The number of ether oxygens (including phenoxy) is 2. The maximum Gasteiger partial charge on any atom is 0.124 e. The molecule has 3 nitrogen and oxygen atoms in total. The maximum atomic E-state index is 5.75. The predicted octanol–water partition coefficient (Wildman–Crippen LogP) is 3.69. The third-order valence-electron chi connectivity index (χ3n) is 4.72. The largest absolute Gasteiger partial charge is 0.497 e. The lowest BCUT2D eigenvalue weighted by atomic mass is 9.96. The van der Waals surface area contributed by atoms with Crippen molar-refractivity contribution in [2.75, 3.05) is 20.3 Å². The second-order valence-corrected chi connectivity index (χ2v) is 6.22. The van der Waals surface area contributed by atoms with E-state index in [4.69, 9.17) is 9.47 Å². The number of methoxy groups -OCH3 is 1. The monoisotopic (exact) mass is 275 g/mol. The second-order valence-electron chi connectivity index (χ2n) is 6.22. The summed E-state index contributed by atoms with van der Waals surface area (Å²) in [7, 11) is 1.72. The normalized spacial score (nSPS) is 22.8. The number of rotatable bonds is 6. The van der Waals surface area contributed by atoms with Crippen LogP contribution in [0.5, 0.6) is 11.5 Å². The van der Waals surface area contributed by atoms with Crippen LogP contribution in [0.25, 0.3) is 0 Å². The first-order valence-corrected chi connectivity index (χ1v) is 7.80. The summed E-state index contributed by atoms with van der Waals surface area (Å²) in [5.74, 6) is 1.92. The summed E-state index contributed by atoms with van der Waals surface area (Å²) >= 11 is 0. The van der Waals surface area contributed by atoms with Crippen molar-refractivity contribution >= 4 is 0 Å². The van der Waals surface area contributed by atoms with Crippen LogP contribution in [-0.2, 0) is 0 Å². The van der Waals surface area contributed by atoms with Crippen LogP contribution in [0.15, 0.2) is 18.2 Å². The van der Waals surface area contributed by atoms with E-state index in [9.17, 15) is 0 Å². The van der Waals surface area contributed by atoms with Crippen LogP contribution in [0.3, 0.4) is 0 Å². The van der Waals surface area contributed by atoms with Gasteiger partial charge in [-0.2, -0.15) is 0 Å². The lowest BCUT2D eigenvalue weighted by molar-refractivity contribution is 0.244. The van der Waals surface area contributed by atoms with E-state index in [1.807, 2.05) is 12.1 Å². The number of fused-ring (bicyclic) bond motifs is 1. The Labute approximate surface area is 121 Å². The maximum absolute atomic E-state index is 5.75. The van der Waals surface area contributed by atoms with Gasteiger partial charge in [0.1, 0.15) is 11.5 Å². The highest BCUT2D eigenvalue weighted by molar-refractivity contribution is 5.43. The first kappa shape index (κ1) is 13.7. The van der Waals surface area contributed by atoms with E-state index >= 15 is 0 Å². The minimum absolute atomic E-state index is 0.406. The molecule has 1 N–H and O–H groups in total. The Morgan fingerprint density at radius 3 is 2.95 bits per heavy atom. The standard InChI is InChI=1S/C17H25NO2/c1-3-7-17(8-9-17)12-18-15-6-10-20-16-5-4-13(19-2)11-14(15)16/h4-5,11,15,18H,3,6-10,12H2,1-2H3. The molecule has 2 aliphatic rings. The molecule has 1 fully saturated rings. The van der Waals surface area contributed by atoms with Gasteiger partial charge in [-0.25, -0.2) is 0 Å². The molecule has 1 unspecified atom stereocenters. The van der Waals surface area contributed by atoms with Gasteiger partial charge in [-0.15, -0.1) is 0 Å². The Kier molecular flexibility index (Phi) is 3.88. The fourth-order valence-electron chi connectivity index (χ4n) is 3.27. The van der Waals surface area contributed by atoms with Crippen molar-refractivity contribution in [1.29, 1.82) is 0 Å². The van der Waals surface area contributed by atoms with Gasteiger partial charge in [-0.3, -0.25) is 0 Å². The lowest BCUT2D eigenvalue weighted by Gasteiger charge is -2.29. The van der Waals surface area contributed by atoms with Crippen molar-refractivity contribution in [2.24, 2.45) is 5.41 Å². The summed E-state index contributed by atoms with van der Waals surface area (Å²) in [6, 6.07) is 6.52. The van der Waals surface area contributed by atoms with E-state index in [1.54, 1.807) is 7.11 Å². The lowest BCUT2D eigenvalue weighted by Crippen LogP contribution is -2.31. The van der Waals surface area contributed by atoms with Crippen LogP contribution < -0.4 is 14.8 Å². The molecule has 3 heteroatoms. The van der Waals surface area contributed by atoms with Gasteiger partial charge in [-0.1, -0.05) is 13.3 Å². The van der Waals surface area contributed by atoms with E-state index in [1.165, 1.54) is 31.2 Å². The summed E-state index contributed by atoms with van der Waals surface area (Å²) in [6.45, 7) is 4.23. The summed E-state index contributed by atoms with van der Waals surface area (Å²) < 4.78 is 11.1. The Balaban J connectivity index is 1.69. The molecule has 1 aliphatic carbocycles. The topological polar surface area (TPSA) is 30.5 Å². The zero-order valence-electron chi connectivity index (χ0n) is 12.6. The Morgan fingerprint density at radius 1 is 1.40 bits per heavy atom. The Hall–Kier alpha value is -1.22.